The van der Waals surface area contributed by atoms with Gasteiger partial charge in [0.2, 0.25) is 0 Å². The normalized spacial score (nSPS) is 8.10. The SMILES string of the molecule is Cc1cn[c-]c(Br)c1.[Zn+][Br]. The molecule has 10 heavy (non-hydrogen) atoms. The van der Waals surface area contributed by atoms with Gasteiger partial charge in [-0.15, -0.1) is 5.56 Å². The first-order valence-electron chi connectivity index (χ1n) is 2.55. The van der Waals surface area contributed by atoms with Crippen LogP contribution in [0.15, 0.2) is 16.7 Å². The first-order chi connectivity index (χ1) is 4.79. The van der Waals surface area contributed by atoms with E-state index in [1.165, 1.54) is 16.3 Å². The maximum atomic E-state index is 3.81. The molecule has 1 aromatic rings. The Hall–Kier alpha value is 0.733. The molecule has 0 atom stereocenters. The van der Waals surface area contributed by atoms with Gasteiger partial charge in [-0.3, -0.25) is 0 Å². The van der Waals surface area contributed by atoms with Crippen LogP contribution in [0.3, 0.4) is 0 Å². The first kappa shape index (κ1) is 10.7. The van der Waals surface area contributed by atoms with Crippen molar-refractivity contribution in [2.45, 2.75) is 6.92 Å². The zero-order valence-electron chi connectivity index (χ0n) is 5.56. The van der Waals surface area contributed by atoms with E-state index in [9.17, 15) is 0 Å². The van der Waals surface area contributed by atoms with Gasteiger partial charge in [-0.25, -0.2) is 0 Å². The molecule has 0 unspecified atom stereocenters. The summed E-state index contributed by atoms with van der Waals surface area (Å²) in [7, 11) is 0. The van der Waals surface area contributed by atoms with Crippen molar-refractivity contribution < 1.29 is 16.3 Å². The molecule has 0 bridgehead atoms. The van der Waals surface area contributed by atoms with Crippen LogP contribution in [0, 0.1) is 13.1 Å². The number of aryl methyl sites for hydroxylation is 1. The van der Waals surface area contributed by atoms with Gasteiger partial charge >= 0.3 is 30.0 Å². The molecule has 4 heteroatoms. The molecule has 0 aliphatic heterocycles. The van der Waals surface area contributed by atoms with E-state index in [0.717, 1.165) is 10.0 Å². The van der Waals surface area contributed by atoms with Gasteiger partial charge in [0.15, 0.2) is 0 Å². The van der Waals surface area contributed by atoms with Gasteiger partial charge in [0, 0.05) is 0 Å². The van der Waals surface area contributed by atoms with Gasteiger partial charge in [0.05, 0.1) is 0 Å². The van der Waals surface area contributed by atoms with Crippen molar-refractivity contribution in [1.29, 1.82) is 0 Å². The molecular weight excluding hydrogens is 311 g/mol. The average molecular weight is 316 g/mol. The summed E-state index contributed by atoms with van der Waals surface area (Å²) in [5.41, 5.74) is 1.15. The summed E-state index contributed by atoms with van der Waals surface area (Å²) in [6.07, 6.45) is 4.51. The second-order valence-electron chi connectivity index (χ2n) is 1.61. The predicted molar refractivity (Wildman–Crippen MR) is 44.4 cm³/mol. The fourth-order valence-corrected chi connectivity index (χ4v) is 0.929. The number of aromatic nitrogens is 1. The summed E-state index contributed by atoms with van der Waals surface area (Å²) in [5, 5.41) is 0. The Balaban J connectivity index is 0.000000371. The zero-order valence-corrected chi connectivity index (χ0v) is 11.7. The van der Waals surface area contributed by atoms with E-state index in [1.54, 1.807) is 6.20 Å². The zero-order chi connectivity index (χ0) is 7.98. The summed E-state index contributed by atoms with van der Waals surface area (Å²) in [4.78, 5) is 3.81. The van der Waals surface area contributed by atoms with E-state index in [-0.39, 0.29) is 0 Å². The van der Waals surface area contributed by atoms with Crippen molar-refractivity contribution in [3.8, 4) is 0 Å². The minimum atomic E-state index is 0.914. The van der Waals surface area contributed by atoms with Gasteiger partial charge in [-0.05, 0) is 0 Å². The fraction of sp³-hybridized carbons (Fsp3) is 0.167. The number of rotatable bonds is 0. The van der Waals surface area contributed by atoms with Crippen LogP contribution in [0.1, 0.15) is 5.56 Å². The molecule has 0 N–H and O–H groups in total. The summed E-state index contributed by atoms with van der Waals surface area (Å²) in [5.74, 6) is 0. The van der Waals surface area contributed by atoms with Crippen LogP contribution in [-0.4, -0.2) is 4.98 Å². The monoisotopic (exact) mass is 313 g/mol. The van der Waals surface area contributed by atoms with E-state index in [1.807, 2.05) is 13.0 Å². The molecule has 0 fully saturated rings. The van der Waals surface area contributed by atoms with Gasteiger partial charge in [0.1, 0.15) is 0 Å². The summed E-state index contributed by atoms with van der Waals surface area (Å²) in [6, 6.07) is 1.97. The third-order valence-electron chi connectivity index (χ3n) is 0.794. The standard InChI is InChI=1S/C6H5BrN.BrH.Zn/c1-5-2-6(7)4-8-3-5;;/h2-3H,1H3;1H;/q-1;;+2/p-1. The molecule has 0 saturated carbocycles. The van der Waals surface area contributed by atoms with E-state index in [2.05, 4.69) is 40.7 Å². The summed E-state index contributed by atoms with van der Waals surface area (Å²) < 4.78 is 0.914. The van der Waals surface area contributed by atoms with E-state index in [0.29, 0.717) is 0 Å². The molecule has 0 spiro atoms. The number of hydrogen-bond donors (Lipinski definition) is 0. The number of halogens is 2. The van der Waals surface area contributed by atoms with Gasteiger partial charge < -0.3 is 4.98 Å². The molecule has 50 valence electrons. The molecule has 0 radical (unpaired) electrons. The van der Waals surface area contributed by atoms with E-state index >= 15 is 0 Å². The number of hydrogen-bond acceptors (Lipinski definition) is 1. The topological polar surface area (TPSA) is 12.9 Å². The van der Waals surface area contributed by atoms with Gasteiger partial charge in [0.25, 0.3) is 0 Å². The van der Waals surface area contributed by atoms with Crippen LogP contribution in [-0.2, 0) is 16.3 Å². The number of nitrogens with zero attached hydrogens (tertiary/aromatic N) is 1. The number of pyridine rings is 1. The Kier molecular flexibility index (Phi) is 6.92. The molecule has 1 aromatic heterocycles. The molecule has 0 aromatic carbocycles. The Morgan fingerprint density at radius 3 is 2.50 bits per heavy atom. The molecule has 1 rings (SSSR count). The van der Waals surface area contributed by atoms with Crippen LogP contribution in [0.25, 0.3) is 0 Å². The summed E-state index contributed by atoms with van der Waals surface area (Å²) >= 11 is 7.49. The Labute approximate surface area is 85.8 Å². The van der Waals surface area contributed by atoms with Crippen LogP contribution < -0.4 is 0 Å². The van der Waals surface area contributed by atoms with Crippen LogP contribution in [0.2, 0.25) is 0 Å². The summed E-state index contributed by atoms with van der Waals surface area (Å²) in [6.45, 7) is 1.99. The van der Waals surface area contributed by atoms with Gasteiger partial charge in [-0.1, -0.05) is 39.7 Å². The average Bonchev–Trinajstić information content (AvgIpc) is 1.91. The van der Waals surface area contributed by atoms with E-state index in [4.69, 9.17) is 0 Å². The molecule has 0 saturated heterocycles. The van der Waals surface area contributed by atoms with E-state index < -0.39 is 0 Å². The van der Waals surface area contributed by atoms with Crippen molar-refractivity contribution >= 4 is 29.6 Å². The fourth-order valence-electron chi connectivity index (χ4n) is 0.465. The second-order valence-corrected chi connectivity index (χ2v) is 2.46. The van der Waals surface area contributed by atoms with Crippen molar-refractivity contribution in [2.75, 3.05) is 0 Å². The van der Waals surface area contributed by atoms with Crippen molar-refractivity contribution in [2.24, 2.45) is 0 Å². The molecule has 1 heterocycles. The predicted octanol–water partition coefficient (Wildman–Crippen LogP) is 2.80. The van der Waals surface area contributed by atoms with Crippen LogP contribution in [0.5, 0.6) is 0 Å². The van der Waals surface area contributed by atoms with Crippen LogP contribution in [0.4, 0.5) is 0 Å². The molecule has 0 amide bonds. The molecule has 0 aliphatic rings. The van der Waals surface area contributed by atoms with Gasteiger partial charge in [-0.2, -0.15) is 6.07 Å². The molecular formula is C6H5Br2NZn. The molecule has 0 aliphatic carbocycles. The third-order valence-corrected chi connectivity index (χ3v) is 1.20. The van der Waals surface area contributed by atoms with Crippen molar-refractivity contribution in [1.82, 2.24) is 4.98 Å². The van der Waals surface area contributed by atoms with Crippen LogP contribution >= 0.6 is 29.6 Å². The Morgan fingerprint density at radius 2 is 2.20 bits per heavy atom. The van der Waals surface area contributed by atoms with Crippen molar-refractivity contribution in [3.05, 3.63) is 28.5 Å². The first-order valence-corrected chi connectivity index (χ1v) is 10.3. The Bertz CT molecular complexity index is 176. The third kappa shape index (κ3) is 4.53. The quantitative estimate of drug-likeness (QED) is 0.530. The Morgan fingerprint density at radius 1 is 1.60 bits per heavy atom. The maximum absolute atomic E-state index is 3.81. The van der Waals surface area contributed by atoms with Crippen molar-refractivity contribution in [3.63, 3.8) is 0 Å². The minimum absolute atomic E-state index is 0.914. The second kappa shape index (κ2) is 6.44. The molecule has 1 nitrogen and oxygen atoms in total.